The second-order valence-corrected chi connectivity index (χ2v) is 5.60. The van der Waals surface area contributed by atoms with Crippen molar-refractivity contribution in [3.63, 3.8) is 0 Å². The van der Waals surface area contributed by atoms with Gasteiger partial charge in [-0.25, -0.2) is 4.68 Å². The Kier molecular flexibility index (Phi) is 4.53. The van der Waals surface area contributed by atoms with Crippen molar-refractivity contribution in [2.45, 2.75) is 44.6 Å². The van der Waals surface area contributed by atoms with Gasteiger partial charge in [0.15, 0.2) is 4.60 Å². The van der Waals surface area contributed by atoms with E-state index in [0.717, 1.165) is 22.6 Å². The summed E-state index contributed by atoms with van der Waals surface area (Å²) in [5.74, 6) is 6.45. The minimum atomic E-state index is 0.132. The van der Waals surface area contributed by atoms with E-state index in [0.29, 0.717) is 0 Å². The number of hydrogen-bond acceptors (Lipinski definition) is 4. The standard InChI is InChI=1S/C11H20BrN5/c1-17-10(11(12)15-16-17)9(14-13)7-8-5-3-2-4-6-8/h8-9,14H,2-7,13H2,1H3. The van der Waals surface area contributed by atoms with Gasteiger partial charge in [0.1, 0.15) is 0 Å². The SMILES string of the molecule is Cn1nnc(Br)c1C(CC1CCCCC1)NN. The molecule has 1 aromatic rings. The first-order chi connectivity index (χ1) is 8.22. The van der Waals surface area contributed by atoms with E-state index in [9.17, 15) is 0 Å². The average Bonchev–Trinajstić information content (AvgIpc) is 2.68. The Labute approximate surface area is 110 Å². The molecule has 1 fully saturated rings. The highest BCUT2D eigenvalue weighted by atomic mass is 79.9. The summed E-state index contributed by atoms with van der Waals surface area (Å²) in [5.41, 5.74) is 3.94. The van der Waals surface area contributed by atoms with Crippen LogP contribution in [0.25, 0.3) is 0 Å². The van der Waals surface area contributed by atoms with Crippen LogP contribution in [0.3, 0.4) is 0 Å². The number of aromatic nitrogens is 3. The lowest BCUT2D eigenvalue weighted by Crippen LogP contribution is -2.31. The maximum Gasteiger partial charge on any atom is 0.153 e. The molecule has 0 radical (unpaired) electrons. The van der Waals surface area contributed by atoms with Gasteiger partial charge in [0.25, 0.3) is 0 Å². The van der Waals surface area contributed by atoms with Gasteiger partial charge in [0, 0.05) is 7.05 Å². The van der Waals surface area contributed by atoms with E-state index in [-0.39, 0.29) is 6.04 Å². The molecular formula is C11H20BrN5. The summed E-state index contributed by atoms with van der Waals surface area (Å²) in [4.78, 5) is 0. The van der Waals surface area contributed by atoms with Crippen molar-refractivity contribution in [2.24, 2.45) is 18.8 Å². The molecule has 1 saturated carbocycles. The van der Waals surface area contributed by atoms with Crippen LogP contribution in [0.4, 0.5) is 0 Å². The van der Waals surface area contributed by atoms with E-state index in [1.807, 2.05) is 7.05 Å². The summed E-state index contributed by atoms with van der Waals surface area (Å²) < 4.78 is 2.58. The number of hydrazine groups is 1. The van der Waals surface area contributed by atoms with Crippen LogP contribution in [-0.4, -0.2) is 15.0 Å². The fourth-order valence-electron chi connectivity index (χ4n) is 2.72. The van der Waals surface area contributed by atoms with Crippen molar-refractivity contribution in [3.8, 4) is 0 Å². The van der Waals surface area contributed by atoms with Crippen molar-refractivity contribution in [3.05, 3.63) is 10.3 Å². The highest BCUT2D eigenvalue weighted by molar-refractivity contribution is 9.10. The van der Waals surface area contributed by atoms with Gasteiger partial charge in [0.2, 0.25) is 0 Å². The third-order valence-electron chi connectivity index (χ3n) is 3.65. The monoisotopic (exact) mass is 301 g/mol. The lowest BCUT2D eigenvalue weighted by atomic mass is 9.84. The topological polar surface area (TPSA) is 68.8 Å². The Morgan fingerprint density at radius 2 is 2.18 bits per heavy atom. The number of halogens is 1. The predicted octanol–water partition coefficient (Wildman–Crippen LogP) is 2.05. The molecule has 0 aromatic carbocycles. The summed E-state index contributed by atoms with van der Waals surface area (Å²) in [7, 11) is 1.90. The molecule has 0 aliphatic heterocycles. The molecule has 1 aliphatic carbocycles. The van der Waals surface area contributed by atoms with E-state index in [2.05, 4.69) is 31.7 Å². The summed E-state index contributed by atoms with van der Waals surface area (Å²) in [5, 5.41) is 8.01. The number of nitrogens with zero attached hydrogens (tertiary/aromatic N) is 3. The summed E-state index contributed by atoms with van der Waals surface area (Å²) >= 11 is 3.43. The quantitative estimate of drug-likeness (QED) is 0.660. The largest absolute Gasteiger partial charge is 0.271 e. The van der Waals surface area contributed by atoms with E-state index >= 15 is 0 Å². The molecule has 6 heteroatoms. The molecule has 5 nitrogen and oxygen atoms in total. The van der Waals surface area contributed by atoms with Gasteiger partial charge in [-0.3, -0.25) is 11.3 Å². The molecule has 17 heavy (non-hydrogen) atoms. The Balaban J connectivity index is 2.05. The van der Waals surface area contributed by atoms with Crippen LogP contribution < -0.4 is 11.3 Å². The van der Waals surface area contributed by atoms with Crippen LogP contribution in [0.5, 0.6) is 0 Å². The molecule has 1 unspecified atom stereocenters. The molecule has 96 valence electrons. The third kappa shape index (κ3) is 3.05. The van der Waals surface area contributed by atoms with Gasteiger partial charge < -0.3 is 0 Å². The lowest BCUT2D eigenvalue weighted by Gasteiger charge is -2.26. The smallest absolute Gasteiger partial charge is 0.153 e. The predicted molar refractivity (Wildman–Crippen MR) is 70.0 cm³/mol. The first-order valence-corrected chi connectivity index (χ1v) is 7.03. The normalized spacial score (nSPS) is 19.5. The van der Waals surface area contributed by atoms with Crippen molar-refractivity contribution in [2.75, 3.05) is 0 Å². The van der Waals surface area contributed by atoms with Gasteiger partial charge in [-0.2, -0.15) is 0 Å². The molecule has 3 N–H and O–H groups in total. The number of hydrogen-bond donors (Lipinski definition) is 2. The summed E-state index contributed by atoms with van der Waals surface area (Å²) in [6.07, 6.45) is 7.80. The van der Waals surface area contributed by atoms with Crippen molar-refractivity contribution in [1.82, 2.24) is 20.4 Å². The molecule has 0 amide bonds. The molecule has 1 aliphatic rings. The van der Waals surface area contributed by atoms with Crippen LogP contribution >= 0.6 is 15.9 Å². The van der Waals surface area contributed by atoms with Crippen molar-refractivity contribution < 1.29 is 0 Å². The Morgan fingerprint density at radius 1 is 1.47 bits per heavy atom. The maximum atomic E-state index is 5.68. The van der Waals surface area contributed by atoms with Crippen molar-refractivity contribution >= 4 is 15.9 Å². The summed E-state index contributed by atoms with van der Waals surface area (Å²) in [6.45, 7) is 0. The molecule has 1 heterocycles. The summed E-state index contributed by atoms with van der Waals surface area (Å²) in [6, 6.07) is 0.132. The van der Waals surface area contributed by atoms with Crippen LogP contribution in [-0.2, 0) is 7.05 Å². The Morgan fingerprint density at radius 3 is 2.71 bits per heavy atom. The molecule has 1 aromatic heterocycles. The van der Waals surface area contributed by atoms with E-state index in [4.69, 9.17) is 5.84 Å². The van der Waals surface area contributed by atoms with Crippen LogP contribution in [0.15, 0.2) is 4.60 Å². The lowest BCUT2D eigenvalue weighted by molar-refractivity contribution is 0.295. The zero-order valence-electron chi connectivity index (χ0n) is 10.2. The first-order valence-electron chi connectivity index (χ1n) is 6.23. The van der Waals surface area contributed by atoms with Gasteiger partial charge in [-0.1, -0.05) is 37.3 Å². The fourth-order valence-corrected chi connectivity index (χ4v) is 3.33. The second-order valence-electron chi connectivity index (χ2n) is 4.85. The minimum Gasteiger partial charge on any atom is -0.271 e. The van der Waals surface area contributed by atoms with E-state index < -0.39 is 0 Å². The molecule has 0 bridgehead atoms. The molecule has 2 rings (SSSR count). The van der Waals surface area contributed by atoms with E-state index in [1.165, 1.54) is 32.1 Å². The molecule has 0 spiro atoms. The minimum absolute atomic E-state index is 0.132. The van der Waals surface area contributed by atoms with Gasteiger partial charge >= 0.3 is 0 Å². The zero-order valence-corrected chi connectivity index (χ0v) is 11.8. The third-order valence-corrected chi connectivity index (χ3v) is 4.22. The number of aryl methyl sites for hydroxylation is 1. The van der Waals surface area contributed by atoms with Gasteiger partial charge in [-0.05, 0) is 28.3 Å². The fraction of sp³-hybridized carbons (Fsp3) is 0.818. The first kappa shape index (κ1) is 13.0. The Hall–Kier alpha value is -0.460. The average molecular weight is 302 g/mol. The van der Waals surface area contributed by atoms with Gasteiger partial charge in [0.05, 0.1) is 11.7 Å². The number of rotatable bonds is 4. The van der Waals surface area contributed by atoms with Gasteiger partial charge in [-0.15, -0.1) is 5.10 Å². The highest BCUT2D eigenvalue weighted by Crippen LogP contribution is 2.32. The number of nitrogens with two attached hydrogens (primary N) is 1. The van der Waals surface area contributed by atoms with E-state index in [1.54, 1.807) is 4.68 Å². The van der Waals surface area contributed by atoms with Crippen LogP contribution in [0.2, 0.25) is 0 Å². The number of nitrogens with one attached hydrogen (secondary N) is 1. The Bertz CT molecular complexity index is 339. The molecule has 0 saturated heterocycles. The van der Waals surface area contributed by atoms with Crippen LogP contribution in [0, 0.1) is 5.92 Å². The second kappa shape index (κ2) is 5.93. The molecule has 1 atom stereocenters. The van der Waals surface area contributed by atoms with Crippen molar-refractivity contribution in [1.29, 1.82) is 0 Å². The van der Waals surface area contributed by atoms with Crippen LogP contribution in [0.1, 0.15) is 50.3 Å². The molecular weight excluding hydrogens is 282 g/mol. The highest BCUT2D eigenvalue weighted by Gasteiger charge is 2.24. The zero-order chi connectivity index (χ0) is 12.3. The maximum absolute atomic E-state index is 5.68.